The zero-order valence-electron chi connectivity index (χ0n) is 8.26. The molecular weight excluding hydrogens is 228 g/mol. The highest BCUT2D eigenvalue weighted by atomic mass is 35.5. The fraction of sp³-hybridized carbons (Fsp3) is 0.111. The number of rotatable bonds is 3. The molecule has 0 bridgehead atoms. The predicted octanol–water partition coefficient (Wildman–Crippen LogP) is 1.11. The Kier molecular flexibility index (Phi) is 3.11. The van der Waals surface area contributed by atoms with Crippen LogP contribution in [-0.2, 0) is 6.54 Å². The van der Waals surface area contributed by atoms with Gasteiger partial charge in [0.15, 0.2) is 5.82 Å². The number of nitrogens with zero attached hydrogens (tertiary/aromatic N) is 4. The van der Waals surface area contributed by atoms with E-state index < -0.39 is 0 Å². The SMILES string of the molecule is Nc1ncnc(NCc2cccnn2)c1Cl. The third-order valence-corrected chi connectivity index (χ3v) is 2.25. The number of nitrogens with two attached hydrogens (primary N) is 1. The van der Waals surface area contributed by atoms with Crippen LogP contribution < -0.4 is 11.1 Å². The molecule has 2 aromatic rings. The van der Waals surface area contributed by atoms with Crippen LogP contribution in [0.25, 0.3) is 0 Å². The maximum atomic E-state index is 5.91. The first-order valence-corrected chi connectivity index (χ1v) is 4.91. The van der Waals surface area contributed by atoms with E-state index in [1.54, 1.807) is 12.3 Å². The van der Waals surface area contributed by atoms with Crippen LogP contribution in [0, 0.1) is 0 Å². The summed E-state index contributed by atoms with van der Waals surface area (Å²) in [6.07, 6.45) is 2.96. The van der Waals surface area contributed by atoms with E-state index in [9.17, 15) is 0 Å². The van der Waals surface area contributed by atoms with Crippen molar-refractivity contribution in [1.29, 1.82) is 0 Å². The summed E-state index contributed by atoms with van der Waals surface area (Å²) >= 11 is 5.91. The average Bonchev–Trinajstić information content (AvgIpc) is 2.32. The number of anilines is 2. The van der Waals surface area contributed by atoms with E-state index >= 15 is 0 Å². The zero-order valence-corrected chi connectivity index (χ0v) is 9.02. The molecule has 0 aliphatic heterocycles. The molecule has 6 nitrogen and oxygen atoms in total. The Morgan fingerprint density at radius 2 is 2.25 bits per heavy atom. The van der Waals surface area contributed by atoms with Crippen LogP contribution in [0.15, 0.2) is 24.7 Å². The molecule has 0 spiro atoms. The van der Waals surface area contributed by atoms with Crippen LogP contribution in [0.3, 0.4) is 0 Å². The molecule has 2 rings (SSSR count). The molecule has 82 valence electrons. The Bertz CT molecular complexity index is 475. The highest BCUT2D eigenvalue weighted by Crippen LogP contribution is 2.23. The van der Waals surface area contributed by atoms with Crippen molar-refractivity contribution in [2.75, 3.05) is 11.1 Å². The van der Waals surface area contributed by atoms with Crippen molar-refractivity contribution < 1.29 is 0 Å². The normalized spacial score (nSPS) is 10.1. The summed E-state index contributed by atoms with van der Waals surface area (Å²) in [5.41, 5.74) is 6.33. The number of halogens is 1. The van der Waals surface area contributed by atoms with Crippen LogP contribution in [0.4, 0.5) is 11.6 Å². The van der Waals surface area contributed by atoms with E-state index in [0.717, 1.165) is 5.69 Å². The third kappa shape index (κ3) is 2.34. The molecule has 3 N–H and O–H groups in total. The van der Waals surface area contributed by atoms with Gasteiger partial charge in [-0.1, -0.05) is 11.6 Å². The topological polar surface area (TPSA) is 89.6 Å². The van der Waals surface area contributed by atoms with Gasteiger partial charge < -0.3 is 11.1 Å². The lowest BCUT2D eigenvalue weighted by Gasteiger charge is -2.06. The van der Waals surface area contributed by atoms with Crippen LogP contribution >= 0.6 is 11.6 Å². The van der Waals surface area contributed by atoms with Gasteiger partial charge in [0.25, 0.3) is 0 Å². The number of nitrogens with one attached hydrogen (secondary N) is 1. The number of hydrogen-bond donors (Lipinski definition) is 2. The minimum Gasteiger partial charge on any atom is -0.382 e. The van der Waals surface area contributed by atoms with Crippen molar-refractivity contribution in [1.82, 2.24) is 20.2 Å². The molecule has 0 aliphatic carbocycles. The van der Waals surface area contributed by atoms with E-state index in [4.69, 9.17) is 17.3 Å². The second kappa shape index (κ2) is 4.71. The minimum atomic E-state index is 0.248. The third-order valence-electron chi connectivity index (χ3n) is 1.88. The van der Waals surface area contributed by atoms with Crippen molar-refractivity contribution in [3.8, 4) is 0 Å². The van der Waals surface area contributed by atoms with Gasteiger partial charge in [-0.15, -0.1) is 0 Å². The molecule has 0 radical (unpaired) electrons. The van der Waals surface area contributed by atoms with E-state index in [-0.39, 0.29) is 5.82 Å². The summed E-state index contributed by atoms with van der Waals surface area (Å²) < 4.78 is 0. The lowest BCUT2D eigenvalue weighted by Crippen LogP contribution is -2.06. The summed E-state index contributed by atoms with van der Waals surface area (Å²) in [6, 6.07) is 3.65. The quantitative estimate of drug-likeness (QED) is 0.830. The number of aromatic nitrogens is 4. The predicted molar refractivity (Wildman–Crippen MR) is 60.8 cm³/mol. The van der Waals surface area contributed by atoms with Gasteiger partial charge >= 0.3 is 0 Å². The summed E-state index contributed by atoms with van der Waals surface area (Å²) in [6.45, 7) is 0.476. The second-order valence-electron chi connectivity index (χ2n) is 2.99. The van der Waals surface area contributed by atoms with Crippen LogP contribution in [-0.4, -0.2) is 20.2 Å². The van der Waals surface area contributed by atoms with E-state index in [2.05, 4.69) is 25.5 Å². The molecule has 0 fully saturated rings. The van der Waals surface area contributed by atoms with Crippen LogP contribution in [0.5, 0.6) is 0 Å². The Hall–Kier alpha value is -1.95. The zero-order chi connectivity index (χ0) is 11.4. The number of hydrogen-bond acceptors (Lipinski definition) is 6. The summed E-state index contributed by atoms with van der Waals surface area (Å²) in [4.78, 5) is 7.73. The Morgan fingerprint density at radius 1 is 1.38 bits per heavy atom. The molecule has 2 heterocycles. The first-order valence-electron chi connectivity index (χ1n) is 4.54. The fourth-order valence-corrected chi connectivity index (χ4v) is 1.27. The Morgan fingerprint density at radius 3 is 3.00 bits per heavy atom. The van der Waals surface area contributed by atoms with E-state index in [1.807, 2.05) is 6.07 Å². The Balaban J connectivity index is 2.08. The molecule has 0 unspecified atom stereocenters. The summed E-state index contributed by atoms with van der Waals surface area (Å²) in [5, 5.41) is 11.0. The van der Waals surface area contributed by atoms with Crippen LogP contribution in [0.2, 0.25) is 5.02 Å². The lowest BCUT2D eigenvalue weighted by molar-refractivity contribution is 0.919. The average molecular weight is 237 g/mol. The van der Waals surface area contributed by atoms with Gasteiger partial charge in [0.1, 0.15) is 17.2 Å². The first-order chi connectivity index (χ1) is 7.77. The molecule has 0 aromatic carbocycles. The minimum absolute atomic E-state index is 0.248. The van der Waals surface area contributed by atoms with E-state index in [1.165, 1.54) is 6.33 Å². The molecule has 16 heavy (non-hydrogen) atoms. The van der Waals surface area contributed by atoms with Gasteiger partial charge in [0, 0.05) is 6.20 Å². The lowest BCUT2D eigenvalue weighted by atomic mass is 10.4. The summed E-state index contributed by atoms with van der Waals surface area (Å²) in [5.74, 6) is 0.734. The molecular formula is C9H9ClN6. The smallest absolute Gasteiger partial charge is 0.150 e. The van der Waals surface area contributed by atoms with Gasteiger partial charge in [-0.2, -0.15) is 10.2 Å². The van der Waals surface area contributed by atoms with Gasteiger partial charge in [-0.3, -0.25) is 0 Å². The molecule has 7 heteroatoms. The Labute approximate surface area is 96.9 Å². The molecule has 0 saturated heterocycles. The van der Waals surface area contributed by atoms with Crippen molar-refractivity contribution in [3.63, 3.8) is 0 Å². The number of nitrogen functional groups attached to an aromatic ring is 1. The van der Waals surface area contributed by atoms with Crippen molar-refractivity contribution in [2.45, 2.75) is 6.54 Å². The van der Waals surface area contributed by atoms with E-state index in [0.29, 0.717) is 17.4 Å². The first kappa shape index (κ1) is 10.6. The largest absolute Gasteiger partial charge is 0.382 e. The van der Waals surface area contributed by atoms with Gasteiger partial charge in [0.2, 0.25) is 0 Å². The monoisotopic (exact) mass is 236 g/mol. The standard InChI is InChI=1S/C9H9ClN6/c10-7-8(11)13-5-14-9(7)12-4-6-2-1-3-15-16-6/h1-3,5H,4H2,(H3,11,12,13,14). The molecule has 0 aliphatic rings. The molecule has 0 atom stereocenters. The van der Waals surface area contributed by atoms with Gasteiger partial charge in [0.05, 0.1) is 12.2 Å². The second-order valence-corrected chi connectivity index (χ2v) is 3.37. The van der Waals surface area contributed by atoms with Crippen molar-refractivity contribution >= 4 is 23.2 Å². The highest BCUT2D eigenvalue weighted by molar-refractivity contribution is 6.35. The van der Waals surface area contributed by atoms with Gasteiger partial charge in [-0.05, 0) is 12.1 Å². The van der Waals surface area contributed by atoms with Crippen molar-refractivity contribution in [3.05, 3.63) is 35.4 Å². The fourth-order valence-electron chi connectivity index (χ4n) is 1.11. The maximum absolute atomic E-state index is 5.91. The highest BCUT2D eigenvalue weighted by Gasteiger charge is 2.05. The summed E-state index contributed by atoms with van der Waals surface area (Å²) in [7, 11) is 0. The van der Waals surface area contributed by atoms with Gasteiger partial charge in [-0.25, -0.2) is 9.97 Å². The molecule has 0 amide bonds. The molecule has 0 saturated carbocycles. The van der Waals surface area contributed by atoms with Crippen LogP contribution in [0.1, 0.15) is 5.69 Å². The van der Waals surface area contributed by atoms with Crippen molar-refractivity contribution in [2.24, 2.45) is 0 Å². The maximum Gasteiger partial charge on any atom is 0.150 e. The molecule has 2 aromatic heterocycles.